The minimum absolute atomic E-state index is 0.151. The van der Waals surface area contributed by atoms with Crippen LogP contribution >= 0.6 is 11.3 Å². The van der Waals surface area contributed by atoms with Crippen molar-refractivity contribution in [3.05, 3.63) is 88.5 Å². The Hall–Kier alpha value is -3.58. The molecule has 1 N–H and O–H groups in total. The summed E-state index contributed by atoms with van der Waals surface area (Å²) in [5.74, 6) is 0.0683. The zero-order chi connectivity index (χ0) is 21.8. The van der Waals surface area contributed by atoms with Gasteiger partial charge in [0.1, 0.15) is 11.4 Å². The van der Waals surface area contributed by atoms with Gasteiger partial charge in [-0.2, -0.15) is 5.10 Å². The normalized spacial score (nSPS) is 11.5. The van der Waals surface area contributed by atoms with E-state index < -0.39 is 5.91 Å². The third-order valence-electron chi connectivity index (χ3n) is 4.90. The molecule has 0 fully saturated rings. The van der Waals surface area contributed by atoms with E-state index in [2.05, 4.69) is 29.4 Å². The molecule has 0 aliphatic heterocycles. The highest BCUT2D eigenvalue weighted by Crippen LogP contribution is 2.30. The molecule has 6 nitrogen and oxygen atoms in total. The molecular formula is C24H22N4O2S. The fraction of sp³-hybridized carbons (Fsp3) is 0.167. The lowest BCUT2D eigenvalue weighted by atomic mass is 10.0. The van der Waals surface area contributed by atoms with Crippen molar-refractivity contribution in [2.75, 3.05) is 0 Å². The minimum Gasteiger partial charge on any atom is -0.289 e. The van der Waals surface area contributed by atoms with Crippen LogP contribution in [0.5, 0.6) is 0 Å². The van der Waals surface area contributed by atoms with Crippen LogP contribution in [0.2, 0.25) is 0 Å². The second-order valence-corrected chi connectivity index (χ2v) is 8.52. The Morgan fingerprint density at radius 3 is 2.61 bits per heavy atom. The van der Waals surface area contributed by atoms with Crippen molar-refractivity contribution in [1.29, 1.82) is 0 Å². The molecule has 1 amide bonds. The third kappa shape index (κ3) is 4.78. The van der Waals surface area contributed by atoms with Gasteiger partial charge in [-0.3, -0.25) is 14.2 Å². The van der Waals surface area contributed by atoms with Crippen molar-refractivity contribution in [3.63, 3.8) is 0 Å². The highest BCUT2D eigenvalue weighted by molar-refractivity contribution is 7.21. The van der Waals surface area contributed by atoms with Crippen LogP contribution < -0.4 is 11.0 Å². The molecule has 156 valence electrons. The first-order valence-electron chi connectivity index (χ1n) is 9.97. The predicted molar refractivity (Wildman–Crippen MR) is 126 cm³/mol. The monoisotopic (exact) mass is 430 g/mol. The molecule has 0 aliphatic carbocycles. The first-order valence-corrected chi connectivity index (χ1v) is 10.8. The first-order chi connectivity index (χ1) is 15.0. The quantitative estimate of drug-likeness (QED) is 0.364. The van der Waals surface area contributed by atoms with Crippen molar-refractivity contribution < 1.29 is 4.79 Å². The summed E-state index contributed by atoms with van der Waals surface area (Å²) in [4.78, 5) is 31.0. The van der Waals surface area contributed by atoms with Crippen molar-refractivity contribution >= 4 is 33.7 Å². The molecular weight excluding hydrogens is 408 g/mol. The average molecular weight is 431 g/mol. The van der Waals surface area contributed by atoms with Gasteiger partial charge in [0.15, 0.2) is 0 Å². The molecule has 0 saturated carbocycles. The van der Waals surface area contributed by atoms with Crippen LogP contribution in [0.25, 0.3) is 20.7 Å². The number of hydrogen-bond donors (Lipinski definition) is 1. The van der Waals surface area contributed by atoms with Crippen molar-refractivity contribution in [2.45, 2.75) is 26.3 Å². The number of hydrogen-bond acceptors (Lipinski definition) is 5. The molecule has 0 atom stereocenters. The van der Waals surface area contributed by atoms with Gasteiger partial charge in [-0.15, -0.1) is 11.3 Å². The fourth-order valence-corrected chi connectivity index (χ4v) is 4.15. The molecule has 0 radical (unpaired) electrons. The van der Waals surface area contributed by atoms with Gasteiger partial charge in [-0.1, -0.05) is 68.4 Å². The van der Waals surface area contributed by atoms with Crippen LogP contribution in [-0.2, 0) is 11.3 Å². The number of aromatic nitrogens is 2. The van der Waals surface area contributed by atoms with Gasteiger partial charge in [-0.25, -0.2) is 10.4 Å². The van der Waals surface area contributed by atoms with E-state index in [9.17, 15) is 9.59 Å². The topological polar surface area (TPSA) is 76.3 Å². The van der Waals surface area contributed by atoms with Gasteiger partial charge in [0.05, 0.1) is 17.9 Å². The molecule has 4 aromatic rings. The van der Waals surface area contributed by atoms with Crippen LogP contribution in [0.15, 0.2) is 76.9 Å². The zero-order valence-corrected chi connectivity index (χ0v) is 18.1. The molecule has 0 bridgehead atoms. The number of hydrazone groups is 1. The summed E-state index contributed by atoms with van der Waals surface area (Å²) < 4.78 is 1.30. The Balaban J connectivity index is 1.44. The summed E-state index contributed by atoms with van der Waals surface area (Å²) >= 11 is 1.46. The standard InChI is InChI=1S/C24H22N4O2S/c1-16(2)18-10-8-17(9-11-18)13-26-27-22(29)14-28-15-25-23-20(24(28)30)12-21(31-23)19-6-4-3-5-7-19/h3-13,15-16H,14H2,1-2H3,(H,27,29)/b26-13-. The largest absolute Gasteiger partial charge is 0.289 e. The Morgan fingerprint density at radius 2 is 1.90 bits per heavy atom. The van der Waals surface area contributed by atoms with Crippen molar-refractivity contribution in [2.24, 2.45) is 5.10 Å². The molecule has 2 aromatic heterocycles. The smallest absolute Gasteiger partial charge is 0.262 e. The van der Waals surface area contributed by atoms with Crippen LogP contribution in [0.3, 0.4) is 0 Å². The summed E-state index contributed by atoms with van der Waals surface area (Å²) in [6.45, 7) is 4.12. The van der Waals surface area contributed by atoms with Crippen LogP contribution in [0.4, 0.5) is 0 Å². The predicted octanol–water partition coefficient (Wildman–Crippen LogP) is 4.40. The lowest BCUT2D eigenvalue weighted by Gasteiger charge is -2.05. The SMILES string of the molecule is CC(C)c1ccc(/C=N\NC(=O)Cn2cnc3sc(-c4ccccc4)cc3c2=O)cc1. The maximum atomic E-state index is 12.8. The first kappa shape index (κ1) is 20.7. The Bertz CT molecular complexity index is 1290. The maximum Gasteiger partial charge on any atom is 0.262 e. The molecule has 31 heavy (non-hydrogen) atoms. The summed E-state index contributed by atoms with van der Waals surface area (Å²) in [6.07, 6.45) is 2.99. The number of benzene rings is 2. The van der Waals surface area contributed by atoms with Crippen molar-refractivity contribution in [3.8, 4) is 10.4 Å². The molecule has 2 heterocycles. The van der Waals surface area contributed by atoms with Gasteiger partial charge in [0.25, 0.3) is 11.5 Å². The van der Waals surface area contributed by atoms with E-state index in [1.165, 1.54) is 27.8 Å². The van der Waals surface area contributed by atoms with Gasteiger partial charge >= 0.3 is 0 Å². The number of carbonyl (C=O) groups excluding carboxylic acids is 1. The van der Waals surface area contributed by atoms with E-state index in [0.717, 1.165) is 16.0 Å². The number of thiophene rings is 1. The number of fused-ring (bicyclic) bond motifs is 1. The number of nitrogens with one attached hydrogen (secondary N) is 1. The second kappa shape index (κ2) is 9.06. The lowest BCUT2D eigenvalue weighted by molar-refractivity contribution is -0.121. The fourth-order valence-electron chi connectivity index (χ4n) is 3.15. The molecule has 0 saturated heterocycles. The number of rotatable bonds is 6. The molecule has 0 spiro atoms. The van der Waals surface area contributed by atoms with E-state index in [4.69, 9.17) is 0 Å². The van der Waals surface area contributed by atoms with E-state index in [1.807, 2.05) is 60.7 Å². The van der Waals surface area contributed by atoms with Crippen molar-refractivity contribution in [1.82, 2.24) is 15.0 Å². The van der Waals surface area contributed by atoms with Gasteiger partial charge in [0.2, 0.25) is 0 Å². The van der Waals surface area contributed by atoms with E-state index in [1.54, 1.807) is 6.21 Å². The molecule has 2 aromatic carbocycles. The van der Waals surface area contributed by atoms with Gasteiger partial charge in [0, 0.05) is 4.88 Å². The summed E-state index contributed by atoms with van der Waals surface area (Å²) in [5.41, 5.74) is 5.39. The molecule has 0 aliphatic rings. The van der Waals surface area contributed by atoms with Gasteiger partial charge < -0.3 is 0 Å². The van der Waals surface area contributed by atoms with Gasteiger partial charge in [-0.05, 0) is 28.7 Å². The molecule has 0 unspecified atom stereocenters. The maximum absolute atomic E-state index is 12.8. The Labute approximate surface area is 183 Å². The molecule has 7 heteroatoms. The third-order valence-corrected chi connectivity index (χ3v) is 5.99. The second-order valence-electron chi connectivity index (χ2n) is 7.49. The van der Waals surface area contributed by atoms with E-state index in [0.29, 0.717) is 16.1 Å². The van der Waals surface area contributed by atoms with Crippen LogP contribution in [-0.4, -0.2) is 21.7 Å². The summed E-state index contributed by atoms with van der Waals surface area (Å²) in [5, 5.41) is 4.50. The van der Waals surface area contributed by atoms with Crippen LogP contribution in [0.1, 0.15) is 30.9 Å². The van der Waals surface area contributed by atoms with Crippen LogP contribution in [0, 0.1) is 0 Å². The number of amides is 1. The Morgan fingerprint density at radius 1 is 1.16 bits per heavy atom. The molecule has 4 rings (SSSR count). The number of nitrogens with zero attached hydrogens (tertiary/aromatic N) is 3. The summed E-state index contributed by atoms with van der Waals surface area (Å²) in [6, 6.07) is 19.7. The zero-order valence-electron chi connectivity index (χ0n) is 17.3. The lowest BCUT2D eigenvalue weighted by Crippen LogP contribution is -2.29. The highest BCUT2D eigenvalue weighted by Gasteiger charge is 2.12. The van der Waals surface area contributed by atoms with E-state index in [-0.39, 0.29) is 12.1 Å². The summed E-state index contributed by atoms with van der Waals surface area (Å²) in [7, 11) is 0. The highest BCUT2D eigenvalue weighted by atomic mass is 32.1. The average Bonchev–Trinajstić information content (AvgIpc) is 3.22. The van der Waals surface area contributed by atoms with E-state index >= 15 is 0 Å². The minimum atomic E-state index is -0.392. The Kier molecular flexibility index (Phi) is 6.04. The number of carbonyl (C=O) groups is 1.